The third-order valence-electron chi connectivity index (χ3n) is 9.72. The van der Waals surface area contributed by atoms with Crippen LogP contribution in [0.4, 0.5) is 0 Å². The zero-order valence-corrected chi connectivity index (χ0v) is 29.1. The summed E-state index contributed by atoms with van der Waals surface area (Å²) >= 11 is 0. The smallest absolute Gasteiger partial charge is 0.240 e. The summed E-state index contributed by atoms with van der Waals surface area (Å²) in [5.41, 5.74) is 4.55. The summed E-state index contributed by atoms with van der Waals surface area (Å²) < 4.78 is 144. The van der Waals surface area contributed by atoms with E-state index in [4.69, 9.17) is 31.4 Å². The summed E-state index contributed by atoms with van der Waals surface area (Å²) in [6.07, 6.45) is 0. The molecule has 0 aliphatic heterocycles. The second kappa shape index (κ2) is 13.0. The average molecular weight is 732 g/mol. The molecule has 0 radical (unpaired) electrons. The van der Waals surface area contributed by atoms with Gasteiger partial charge in [0.1, 0.15) is 0 Å². The van der Waals surface area contributed by atoms with Gasteiger partial charge in [0.05, 0.1) is 44.0 Å². The number of benzene rings is 8. The number of nitrogens with zero attached hydrogens (tertiary/aromatic N) is 5. The first-order chi connectivity index (χ1) is 34.4. The predicted molar refractivity (Wildman–Crippen MR) is 230 cm³/mol. The van der Waals surface area contributed by atoms with Gasteiger partial charge in [0, 0.05) is 27.1 Å². The molecule has 0 spiro atoms. The Bertz CT molecular complexity index is 3840. The normalized spacial score (nSPS) is 15.6. The van der Waals surface area contributed by atoms with Crippen molar-refractivity contribution < 1.29 is 21.9 Å². The fourth-order valence-electron chi connectivity index (χ4n) is 7.13. The molecule has 0 saturated heterocycles. The Kier molecular flexibility index (Phi) is 4.57. The lowest BCUT2D eigenvalue weighted by Crippen LogP contribution is -2.10. The molecule has 0 saturated carbocycles. The number of fused-ring (bicyclic) bond motifs is 6. The summed E-state index contributed by atoms with van der Waals surface area (Å²) in [6, 6.07) is 22.6. The van der Waals surface area contributed by atoms with E-state index in [1.165, 1.54) is 0 Å². The number of rotatable bonds is 6. The van der Waals surface area contributed by atoms with Gasteiger partial charge in [-0.2, -0.15) is 15.0 Å². The lowest BCUT2D eigenvalue weighted by Gasteiger charge is -2.13. The maximum absolute atomic E-state index is 9.19. The minimum atomic E-state index is -0.697. The van der Waals surface area contributed by atoms with E-state index in [1.54, 1.807) is 18.2 Å². The first kappa shape index (κ1) is 19.6. The standard InChI is InChI=1S/C51H33N5/c1-2-14-34(15-3-1)35-28-30-36(31-29-35)37-16-12-17-38(32-37)39-18-13-19-40(33-39)49-52-50(55-45-24-8-4-20-41(45)42-21-5-9-25-46(42)55)54-51(53-49)56-47-26-10-6-22-43(47)44-23-7-11-27-48(44)56/h1-33H/i4D,5D,6D,7D,8D,9D,10D,11D,20D,21D,22D,23D,24D,25D,26D,27D. The van der Waals surface area contributed by atoms with Crippen LogP contribution in [-0.4, -0.2) is 24.1 Å². The van der Waals surface area contributed by atoms with E-state index in [0.29, 0.717) is 11.1 Å². The molecule has 3 aromatic heterocycles. The van der Waals surface area contributed by atoms with Gasteiger partial charge in [0.25, 0.3) is 0 Å². The Morgan fingerprint density at radius 2 is 0.661 bits per heavy atom. The molecule has 0 aliphatic carbocycles. The van der Waals surface area contributed by atoms with Gasteiger partial charge in [0.15, 0.2) is 5.82 Å². The zero-order chi connectivity index (χ0) is 50.9. The van der Waals surface area contributed by atoms with Crippen LogP contribution in [0.15, 0.2) is 200 Å². The molecule has 11 aromatic rings. The fourth-order valence-corrected chi connectivity index (χ4v) is 7.13. The molecule has 11 rings (SSSR count). The molecule has 0 N–H and O–H groups in total. The van der Waals surface area contributed by atoms with E-state index in [2.05, 4.69) is 12.1 Å². The van der Waals surface area contributed by atoms with E-state index >= 15 is 0 Å². The van der Waals surface area contributed by atoms with Crippen molar-refractivity contribution in [1.29, 1.82) is 0 Å². The summed E-state index contributed by atoms with van der Waals surface area (Å²) in [5, 5.41) is -1.04. The third kappa shape index (κ3) is 5.29. The number of hydrogen-bond donors (Lipinski definition) is 0. The van der Waals surface area contributed by atoms with Crippen molar-refractivity contribution >= 4 is 43.6 Å². The van der Waals surface area contributed by atoms with Crippen molar-refractivity contribution in [2.45, 2.75) is 0 Å². The van der Waals surface area contributed by atoms with Crippen LogP contribution < -0.4 is 0 Å². The molecule has 0 fully saturated rings. The van der Waals surface area contributed by atoms with Gasteiger partial charge in [-0.1, -0.05) is 164 Å². The van der Waals surface area contributed by atoms with Gasteiger partial charge >= 0.3 is 0 Å². The topological polar surface area (TPSA) is 48.5 Å². The molecule has 0 aliphatic rings. The van der Waals surface area contributed by atoms with Crippen molar-refractivity contribution in [2.24, 2.45) is 0 Å². The molecular formula is C51H33N5. The summed E-state index contributed by atoms with van der Waals surface area (Å²) in [4.78, 5) is 14.5. The first-order valence-corrected chi connectivity index (χ1v) is 17.6. The summed E-state index contributed by atoms with van der Waals surface area (Å²) in [7, 11) is 0. The third-order valence-corrected chi connectivity index (χ3v) is 9.72. The van der Waals surface area contributed by atoms with Gasteiger partial charge in [-0.3, -0.25) is 9.13 Å². The van der Waals surface area contributed by atoms with Crippen LogP contribution in [-0.2, 0) is 0 Å². The molecule has 3 heterocycles. The van der Waals surface area contributed by atoms with Crippen molar-refractivity contribution in [1.82, 2.24) is 24.1 Å². The van der Waals surface area contributed by atoms with E-state index in [-0.39, 0.29) is 49.4 Å². The van der Waals surface area contributed by atoms with Crippen LogP contribution in [0, 0.1) is 0 Å². The average Bonchev–Trinajstić information content (AvgIpc) is 3.97. The van der Waals surface area contributed by atoms with E-state index in [0.717, 1.165) is 37.0 Å². The number of hydrogen-bond acceptors (Lipinski definition) is 3. The van der Waals surface area contributed by atoms with Crippen molar-refractivity contribution in [2.75, 3.05) is 0 Å². The first-order valence-electron chi connectivity index (χ1n) is 25.6. The number of aromatic nitrogens is 5. The fraction of sp³-hybridized carbons (Fsp3) is 0. The van der Waals surface area contributed by atoms with E-state index < -0.39 is 109 Å². The Labute approximate surface area is 345 Å². The largest absolute Gasteiger partial charge is 0.278 e. The molecule has 5 nitrogen and oxygen atoms in total. The van der Waals surface area contributed by atoms with Crippen molar-refractivity contribution in [3.05, 3.63) is 200 Å². The molecule has 56 heavy (non-hydrogen) atoms. The highest BCUT2D eigenvalue weighted by Gasteiger charge is 2.20. The van der Waals surface area contributed by atoms with Gasteiger partial charge in [0.2, 0.25) is 11.9 Å². The van der Waals surface area contributed by atoms with Gasteiger partial charge < -0.3 is 0 Å². The second-order valence-corrected chi connectivity index (χ2v) is 12.9. The van der Waals surface area contributed by atoms with Gasteiger partial charge in [-0.05, 0) is 69.7 Å². The molecule has 8 aromatic carbocycles. The monoisotopic (exact) mass is 731 g/mol. The molecule has 0 amide bonds. The lowest BCUT2D eigenvalue weighted by atomic mass is 9.96. The molecular weight excluding hydrogens is 683 g/mol. The SMILES string of the molecule is [2H]c1c([2H])c([2H])c2c(c1[2H])c1c([2H])c([2H])c([2H])c([2H])c1n2-c1nc(-c2cccc(-c3cccc(-c4ccc(-c5ccccc5)cc4)c3)c2)nc(-n2c3c([2H])c([2H])c([2H])c([2H])c3c3c([2H])c([2H])c([2H])c([2H])c32)n1. The highest BCUT2D eigenvalue weighted by Crippen LogP contribution is 2.35. The lowest BCUT2D eigenvalue weighted by molar-refractivity contribution is 0.893. The summed E-state index contributed by atoms with van der Waals surface area (Å²) in [5.74, 6) is -1.07. The minimum Gasteiger partial charge on any atom is -0.278 e. The van der Waals surface area contributed by atoms with Crippen LogP contribution in [0.2, 0.25) is 0 Å². The molecule has 262 valence electrons. The maximum atomic E-state index is 9.19. The van der Waals surface area contributed by atoms with Crippen LogP contribution in [0.1, 0.15) is 21.9 Å². The second-order valence-electron chi connectivity index (χ2n) is 12.9. The zero-order valence-electron chi connectivity index (χ0n) is 45.1. The quantitative estimate of drug-likeness (QED) is 0.171. The summed E-state index contributed by atoms with van der Waals surface area (Å²) in [6.45, 7) is 0. The molecule has 0 atom stereocenters. The predicted octanol–water partition coefficient (Wildman–Crippen LogP) is 12.7. The highest BCUT2D eigenvalue weighted by molar-refractivity contribution is 6.10. The highest BCUT2D eigenvalue weighted by atomic mass is 15.3. The molecule has 0 unspecified atom stereocenters. The van der Waals surface area contributed by atoms with E-state index in [1.807, 2.05) is 72.8 Å². The van der Waals surface area contributed by atoms with E-state index in [9.17, 15) is 5.48 Å². The Morgan fingerprint density at radius 3 is 1.12 bits per heavy atom. The van der Waals surface area contributed by atoms with Crippen LogP contribution in [0.5, 0.6) is 0 Å². The van der Waals surface area contributed by atoms with Crippen LogP contribution >= 0.6 is 0 Å². The molecule has 5 heteroatoms. The van der Waals surface area contributed by atoms with Crippen LogP contribution in [0.25, 0.3) is 100 Å². The maximum Gasteiger partial charge on any atom is 0.240 e. The van der Waals surface area contributed by atoms with Crippen LogP contribution in [0.3, 0.4) is 0 Å². The molecule has 0 bridgehead atoms. The van der Waals surface area contributed by atoms with Crippen molar-refractivity contribution in [3.8, 4) is 56.7 Å². The Hall–Kier alpha value is -7.63. The van der Waals surface area contributed by atoms with Crippen molar-refractivity contribution in [3.63, 3.8) is 0 Å². The van der Waals surface area contributed by atoms with Gasteiger partial charge in [-0.25, -0.2) is 0 Å². The minimum absolute atomic E-state index is 0.141. The van der Waals surface area contributed by atoms with Gasteiger partial charge in [-0.15, -0.1) is 0 Å². The number of para-hydroxylation sites is 4. The Morgan fingerprint density at radius 1 is 0.321 bits per heavy atom. The Balaban J connectivity index is 1.23.